The average molecular weight is 312 g/mol. The normalized spacial score (nSPS) is 17.2. The van der Waals surface area contributed by atoms with Crippen LogP contribution >= 0.6 is 11.6 Å². The molecule has 4 nitrogen and oxygen atoms in total. The number of alkyl halides is 1. The van der Waals surface area contributed by atoms with Crippen LogP contribution in [0.15, 0.2) is 29.5 Å². The first kappa shape index (κ1) is 15.6. The Bertz CT molecular complexity index is 658. The van der Waals surface area contributed by atoms with Crippen molar-refractivity contribution in [3.63, 3.8) is 0 Å². The van der Waals surface area contributed by atoms with Crippen LogP contribution in [0, 0.1) is 0 Å². The zero-order valence-corrected chi connectivity index (χ0v) is 13.6. The third-order valence-corrected chi connectivity index (χ3v) is 3.78. The van der Waals surface area contributed by atoms with Gasteiger partial charge in [0.05, 0.1) is 5.70 Å². The van der Waals surface area contributed by atoms with E-state index in [2.05, 4.69) is 11.7 Å². The van der Waals surface area contributed by atoms with E-state index < -0.39 is 6.36 Å². The molecular weight excluding hydrogens is 293 g/mol. The number of aryl methyl sites for hydroxylation is 1. The van der Waals surface area contributed by atoms with Crippen molar-refractivity contribution in [3.05, 3.63) is 40.2 Å². The van der Waals surface area contributed by atoms with Gasteiger partial charge < -0.3 is 9.64 Å². The summed E-state index contributed by atoms with van der Waals surface area (Å²) in [7, 11) is 3.57. The number of likely N-dealkylation sites (N-methyl/N-ethyl adjacent to an activating group) is 1. The monoisotopic (exact) mass is 311 g/mol. The van der Waals surface area contributed by atoms with Gasteiger partial charge in [0.2, 0.25) is 12.2 Å². The summed E-state index contributed by atoms with van der Waals surface area (Å²) in [6.45, 7) is 9.32. The van der Waals surface area contributed by atoms with E-state index in [-0.39, 0.29) is 5.88 Å². The Morgan fingerprint density at radius 1 is 1.38 bits per heavy atom. The molecule has 0 aliphatic carbocycles. The molecule has 2 heterocycles. The molecule has 1 aliphatic rings. The number of nitrogens with zero attached hydrogens (tertiary/aromatic N) is 3. The quantitative estimate of drug-likeness (QED) is 0.848. The van der Waals surface area contributed by atoms with Gasteiger partial charge in [-0.25, -0.2) is 9.07 Å². The van der Waals surface area contributed by atoms with Crippen molar-refractivity contribution >= 4 is 17.3 Å². The Morgan fingerprint density at radius 3 is 2.57 bits per heavy atom. The van der Waals surface area contributed by atoms with E-state index >= 15 is 0 Å². The van der Waals surface area contributed by atoms with Gasteiger partial charge in [-0.1, -0.05) is 24.3 Å². The molecule has 0 bridgehead atoms. The second-order valence-corrected chi connectivity index (χ2v) is 5.49. The number of allylic oxidation sites excluding steroid dienone is 3. The van der Waals surface area contributed by atoms with Gasteiger partial charge >= 0.3 is 0 Å². The molecule has 21 heavy (non-hydrogen) atoms. The van der Waals surface area contributed by atoms with Gasteiger partial charge in [-0.05, 0) is 25.0 Å². The second kappa shape index (κ2) is 5.56. The average Bonchev–Trinajstić information content (AvgIpc) is 2.64. The molecule has 1 unspecified atom stereocenters. The maximum Gasteiger partial charge on any atom is 0.237 e. The third-order valence-electron chi connectivity index (χ3n) is 3.44. The zero-order chi connectivity index (χ0) is 15.9. The van der Waals surface area contributed by atoms with E-state index in [9.17, 15) is 4.39 Å². The highest BCUT2D eigenvalue weighted by Gasteiger charge is 2.26. The minimum Gasteiger partial charge on any atom is -0.442 e. The predicted molar refractivity (Wildman–Crippen MR) is 82.7 cm³/mol. The minimum absolute atomic E-state index is 0.215. The summed E-state index contributed by atoms with van der Waals surface area (Å²) in [5, 5.41) is 4.67. The Kier molecular flexibility index (Phi) is 4.14. The number of hydrogen-bond acceptors (Lipinski definition) is 3. The van der Waals surface area contributed by atoms with E-state index in [0.29, 0.717) is 10.7 Å². The Hall–Kier alpha value is -1.75. The SMILES string of the molecule is C=C1C(C)=CC(C)=C(c2nn(C)c(OC(C)F)c2Cl)N1C. The largest absolute Gasteiger partial charge is 0.442 e. The molecule has 0 amide bonds. The lowest BCUT2D eigenvalue weighted by Gasteiger charge is -2.29. The van der Waals surface area contributed by atoms with Gasteiger partial charge in [-0.2, -0.15) is 5.10 Å². The first-order valence-corrected chi connectivity index (χ1v) is 6.97. The standard InChI is InChI=1S/C15H19ClFN3O/c1-8-7-9(2)14(19(5)10(8)3)13-12(16)15(20(6)18-13)21-11(4)17/h7,11H,3H2,1-2,4-6H3. The summed E-state index contributed by atoms with van der Waals surface area (Å²) < 4.78 is 19.6. The summed E-state index contributed by atoms with van der Waals surface area (Å²) in [5.74, 6) is 0.215. The van der Waals surface area contributed by atoms with Crippen LogP contribution in [-0.4, -0.2) is 28.1 Å². The smallest absolute Gasteiger partial charge is 0.237 e. The summed E-state index contributed by atoms with van der Waals surface area (Å²) in [5.41, 5.74) is 4.37. The van der Waals surface area contributed by atoms with Gasteiger partial charge in [-0.15, -0.1) is 0 Å². The number of hydrogen-bond donors (Lipinski definition) is 0. The van der Waals surface area contributed by atoms with Crippen molar-refractivity contribution in [3.8, 4) is 5.88 Å². The number of aromatic nitrogens is 2. The molecule has 6 heteroatoms. The topological polar surface area (TPSA) is 30.3 Å². The van der Waals surface area contributed by atoms with Gasteiger partial charge in [-0.3, -0.25) is 0 Å². The van der Waals surface area contributed by atoms with Crippen molar-refractivity contribution in [2.24, 2.45) is 7.05 Å². The van der Waals surface area contributed by atoms with Crippen molar-refractivity contribution in [1.82, 2.24) is 14.7 Å². The Labute approximate surface area is 129 Å². The van der Waals surface area contributed by atoms with Crippen LogP contribution < -0.4 is 4.74 Å². The summed E-state index contributed by atoms with van der Waals surface area (Å²) >= 11 is 6.34. The van der Waals surface area contributed by atoms with Crippen LogP contribution in [0.3, 0.4) is 0 Å². The lowest BCUT2D eigenvalue weighted by atomic mass is 10.0. The van der Waals surface area contributed by atoms with Crippen LogP contribution in [0.5, 0.6) is 5.88 Å². The summed E-state index contributed by atoms with van der Waals surface area (Å²) in [4.78, 5) is 1.93. The number of rotatable bonds is 3. The molecule has 1 atom stereocenters. The highest BCUT2D eigenvalue weighted by Crippen LogP contribution is 2.39. The zero-order valence-electron chi connectivity index (χ0n) is 12.9. The number of halogens is 2. The molecule has 0 N–H and O–H groups in total. The number of ether oxygens (including phenoxy) is 1. The van der Waals surface area contributed by atoms with Crippen molar-refractivity contribution < 1.29 is 9.13 Å². The molecule has 0 aromatic carbocycles. The Morgan fingerprint density at radius 2 is 2.00 bits per heavy atom. The summed E-state index contributed by atoms with van der Waals surface area (Å²) in [6, 6.07) is 0. The maximum atomic E-state index is 13.1. The molecular formula is C15H19ClFN3O. The lowest BCUT2D eigenvalue weighted by Crippen LogP contribution is -2.21. The lowest BCUT2D eigenvalue weighted by molar-refractivity contribution is 0.0763. The maximum absolute atomic E-state index is 13.1. The van der Waals surface area contributed by atoms with Crippen molar-refractivity contribution in [1.29, 1.82) is 0 Å². The van der Waals surface area contributed by atoms with Crippen LogP contribution in [0.2, 0.25) is 5.02 Å². The Balaban J connectivity index is 2.57. The predicted octanol–water partition coefficient (Wildman–Crippen LogP) is 3.90. The van der Waals surface area contributed by atoms with Gasteiger partial charge in [0.25, 0.3) is 0 Å². The molecule has 0 spiro atoms. The first-order valence-electron chi connectivity index (χ1n) is 6.59. The van der Waals surface area contributed by atoms with Crippen molar-refractivity contribution in [2.75, 3.05) is 7.05 Å². The molecule has 0 radical (unpaired) electrons. The van der Waals surface area contributed by atoms with E-state index in [0.717, 1.165) is 22.5 Å². The first-order chi connectivity index (χ1) is 9.73. The third kappa shape index (κ3) is 2.70. The molecule has 1 aromatic heterocycles. The van der Waals surface area contributed by atoms with Gasteiger partial charge in [0.15, 0.2) is 0 Å². The molecule has 0 saturated carbocycles. The van der Waals surface area contributed by atoms with E-state index in [1.54, 1.807) is 7.05 Å². The van der Waals surface area contributed by atoms with E-state index in [1.807, 2.05) is 31.9 Å². The fourth-order valence-corrected chi connectivity index (χ4v) is 2.70. The van der Waals surface area contributed by atoms with Gasteiger partial charge in [0, 0.05) is 26.7 Å². The van der Waals surface area contributed by atoms with Crippen LogP contribution in [0.1, 0.15) is 26.5 Å². The molecule has 2 rings (SSSR count). The van der Waals surface area contributed by atoms with Gasteiger partial charge in [0.1, 0.15) is 10.7 Å². The van der Waals surface area contributed by atoms with E-state index in [4.69, 9.17) is 16.3 Å². The minimum atomic E-state index is -1.46. The molecule has 0 saturated heterocycles. The molecule has 1 aliphatic heterocycles. The highest BCUT2D eigenvalue weighted by molar-refractivity contribution is 6.33. The van der Waals surface area contributed by atoms with Crippen LogP contribution in [0.4, 0.5) is 4.39 Å². The van der Waals surface area contributed by atoms with Crippen LogP contribution in [0.25, 0.3) is 5.70 Å². The molecule has 1 aromatic rings. The fraction of sp³-hybridized carbons (Fsp3) is 0.400. The summed E-state index contributed by atoms with van der Waals surface area (Å²) in [6.07, 6.45) is 0.572. The molecule has 0 fully saturated rings. The van der Waals surface area contributed by atoms with E-state index in [1.165, 1.54) is 11.6 Å². The molecule has 114 valence electrons. The fourth-order valence-electron chi connectivity index (χ4n) is 2.40. The van der Waals surface area contributed by atoms with Crippen LogP contribution in [-0.2, 0) is 7.05 Å². The second-order valence-electron chi connectivity index (χ2n) is 5.12. The highest BCUT2D eigenvalue weighted by atomic mass is 35.5. The van der Waals surface area contributed by atoms with Crippen molar-refractivity contribution in [2.45, 2.75) is 27.1 Å².